The maximum Gasteiger partial charge on any atom is 0.251 e. The Morgan fingerprint density at radius 1 is 1.06 bits per heavy atom. The third-order valence-corrected chi connectivity index (χ3v) is 6.21. The zero-order chi connectivity index (χ0) is 24.8. The van der Waals surface area contributed by atoms with E-state index in [4.69, 9.17) is 9.47 Å². The highest BCUT2D eigenvalue weighted by Gasteiger charge is 2.40. The summed E-state index contributed by atoms with van der Waals surface area (Å²) in [5.74, 6) is 1.17. The van der Waals surface area contributed by atoms with Gasteiger partial charge in [0.25, 0.3) is 5.91 Å². The number of fused-ring (bicyclic) bond motifs is 1. The van der Waals surface area contributed by atoms with E-state index in [1.165, 1.54) is 10.5 Å². The Balaban J connectivity index is 1.27. The van der Waals surface area contributed by atoms with Crippen molar-refractivity contribution in [2.45, 2.75) is 45.7 Å². The Kier molecular flexibility index (Phi) is 7.92. The van der Waals surface area contributed by atoms with Crippen LogP contribution in [0.5, 0.6) is 11.5 Å². The minimum Gasteiger partial charge on any atom is -0.490 e. The van der Waals surface area contributed by atoms with Gasteiger partial charge in [0.1, 0.15) is 12.6 Å². The second-order valence-electron chi connectivity index (χ2n) is 8.76. The van der Waals surface area contributed by atoms with Gasteiger partial charge in [-0.15, -0.1) is 0 Å². The lowest BCUT2D eigenvalue weighted by Gasteiger charge is -2.31. The third kappa shape index (κ3) is 5.95. The molecule has 2 atom stereocenters. The normalized spacial score (nSPS) is 19.0. The predicted molar refractivity (Wildman–Crippen MR) is 134 cm³/mol. The number of nitrogens with zero attached hydrogens (tertiary/aromatic N) is 2. The molecule has 4 rings (SSSR count). The van der Waals surface area contributed by atoms with Crippen LogP contribution >= 0.6 is 0 Å². The van der Waals surface area contributed by atoms with E-state index >= 15 is 0 Å². The Hall–Kier alpha value is -3.52. The molecule has 2 amide bonds. The van der Waals surface area contributed by atoms with Crippen molar-refractivity contribution in [1.82, 2.24) is 20.7 Å². The topological polar surface area (TPSA) is 83.1 Å². The molecule has 0 bridgehead atoms. The SMILES string of the molecule is CCOc1ccc(CCNC(=O)CN2C=CN3NC(c4ccc(C)cc4)CC3C2=O)cc1OCC. The minimum absolute atomic E-state index is 0.00233. The van der Waals surface area contributed by atoms with E-state index in [-0.39, 0.29) is 30.4 Å². The quantitative estimate of drug-likeness (QED) is 0.546. The fraction of sp³-hybridized carbons (Fsp3) is 0.407. The predicted octanol–water partition coefficient (Wildman–Crippen LogP) is 3.08. The van der Waals surface area contributed by atoms with Crippen LogP contribution in [-0.2, 0) is 16.0 Å². The number of hydrogen-bond acceptors (Lipinski definition) is 6. The average molecular weight is 479 g/mol. The molecule has 2 aromatic carbocycles. The molecule has 0 radical (unpaired) electrons. The molecule has 35 heavy (non-hydrogen) atoms. The molecule has 1 fully saturated rings. The lowest BCUT2D eigenvalue weighted by atomic mass is 10.00. The van der Waals surface area contributed by atoms with Gasteiger partial charge in [-0.1, -0.05) is 35.9 Å². The molecular weight excluding hydrogens is 444 g/mol. The number of nitrogens with one attached hydrogen (secondary N) is 2. The first-order valence-electron chi connectivity index (χ1n) is 12.2. The molecule has 0 spiro atoms. The van der Waals surface area contributed by atoms with E-state index in [0.717, 1.165) is 16.9 Å². The summed E-state index contributed by atoms with van der Waals surface area (Å²) in [6, 6.07) is 13.9. The zero-order valence-corrected chi connectivity index (χ0v) is 20.6. The summed E-state index contributed by atoms with van der Waals surface area (Å²) >= 11 is 0. The fourth-order valence-electron chi connectivity index (χ4n) is 4.39. The van der Waals surface area contributed by atoms with Gasteiger partial charge in [-0.3, -0.25) is 9.59 Å². The van der Waals surface area contributed by atoms with Crippen molar-refractivity contribution in [3.63, 3.8) is 0 Å². The first-order chi connectivity index (χ1) is 17.0. The highest BCUT2D eigenvalue weighted by molar-refractivity contribution is 5.89. The number of hydrogen-bond donors (Lipinski definition) is 2. The molecular formula is C27H34N4O4. The molecule has 0 aliphatic carbocycles. The van der Waals surface area contributed by atoms with Crippen molar-refractivity contribution in [2.75, 3.05) is 26.3 Å². The van der Waals surface area contributed by atoms with Crippen LogP contribution in [0, 0.1) is 6.92 Å². The van der Waals surface area contributed by atoms with Crippen LogP contribution in [-0.4, -0.2) is 54.1 Å². The summed E-state index contributed by atoms with van der Waals surface area (Å²) in [5, 5.41) is 4.77. The Morgan fingerprint density at radius 3 is 2.54 bits per heavy atom. The summed E-state index contributed by atoms with van der Waals surface area (Å²) in [7, 11) is 0. The van der Waals surface area contributed by atoms with Crippen LogP contribution in [0.1, 0.15) is 43.0 Å². The van der Waals surface area contributed by atoms with Crippen LogP contribution in [0.2, 0.25) is 0 Å². The molecule has 2 heterocycles. The minimum atomic E-state index is -0.319. The summed E-state index contributed by atoms with van der Waals surface area (Å²) < 4.78 is 11.3. The van der Waals surface area contributed by atoms with Crippen LogP contribution in [0.15, 0.2) is 54.9 Å². The van der Waals surface area contributed by atoms with E-state index in [0.29, 0.717) is 38.3 Å². The van der Waals surface area contributed by atoms with Crippen LogP contribution in [0.25, 0.3) is 0 Å². The number of carbonyl (C=O) groups excluding carboxylic acids is 2. The van der Waals surface area contributed by atoms with Gasteiger partial charge in [-0.2, -0.15) is 0 Å². The lowest BCUT2D eigenvalue weighted by Crippen LogP contribution is -2.50. The summed E-state index contributed by atoms with van der Waals surface area (Å²) in [6.45, 7) is 7.52. The Labute approximate surface area is 206 Å². The molecule has 2 aromatic rings. The highest BCUT2D eigenvalue weighted by atomic mass is 16.5. The highest BCUT2D eigenvalue weighted by Crippen LogP contribution is 2.31. The summed E-state index contributed by atoms with van der Waals surface area (Å²) in [5.41, 5.74) is 6.79. The summed E-state index contributed by atoms with van der Waals surface area (Å²) in [4.78, 5) is 27.1. The molecule has 186 valence electrons. The third-order valence-electron chi connectivity index (χ3n) is 6.21. The number of ether oxygens (including phenoxy) is 2. The standard InChI is InChI=1S/C27H34N4O4/c1-4-34-24-11-8-20(16-25(24)35-5-2)12-13-28-26(32)18-30-14-15-31-23(27(30)33)17-22(29-31)21-9-6-19(3)7-10-21/h6-11,14-16,22-23,29H,4-5,12-13,17-18H2,1-3H3,(H,28,32). The first-order valence-corrected chi connectivity index (χ1v) is 12.2. The Bertz CT molecular complexity index is 1070. The van der Waals surface area contributed by atoms with Gasteiger partial charge < -0.3 is 24.7 Å². The van der Waals surface area contributed by atoms with E-state index in [1.807, 2.05) is 43.3 Å². The lowest BCUT2D eigenvalue weighted by molar-refractivity contribution is -0.138. The van der Waals surface area contributed by atoms with E-state index in [2.05, 4.69) is 41.9 Å². The molecule has 2 aliphatic rings. The number of hydrazine groups is 1. The second kappa shape index (κ2) is 11.3. The van der Waals surface area contributed by atoms with Crippen LogP contribution in [0.4, 0.5) is 0 Å². The largest absolute Gasteiger partial charge is 0.490 e. The number of rotatable bonds is 10. The number of aryl methyl sites for hydroxylation is 1. The molecule has 8 heteroatoms. The van der Waals surface area contributed by atoms with Gasteiger partial charge in [0.05, 0.1) is 19.3 Å². The second-order valence-corrected chi connectivity index (χ2v) is 8.76. The average Bonchev–Trinajstić information content (AvgIpc) is 3.28. The van der Waals surface area contributed by atoms with Gasteiger partial charge >= 0.3 is 0 Å². The smallest absolute Gasteiger partial charge is 0.251 e. The number of amides is 2. The number of benzene rings is 2. The van der Waals surface area contributed by atoms with Crippen LogP contribution < -0.4 is 20.2 Å². The number of carbonyl (C=O) groups is 2. The van der Waals surface area contributed by atoms with Crippen molar-refractivity contribution in [1.29, 1.82) is 0 Å². The molecule has 1 saturated heterocycles. The molecule has 0 aromatic heterocycles. The van der Waals surface area contributed by atoms with E-state index < -0.39 is 0 Å². The molecule has 2 aliphatic heterocycles. The van der Waals surface area contributed by atoms with Crippen LogP contribution in [0.3, 0.4) is 0 Å². The zero-order valence-electron chi connectivity index (χ0n) is 20.6. The molecule has 0 saturated carbocycles. The monoisotopic (exact) mass is 478 g/mol. The fourth-order valence-corrected chi connectivity index (χ4v) is 4.39. The summed E-state index contributed by atoms with van der Waals surface area (Å²) in [6.07, 6.45) is 4.82. The van der Waals surface area contributed by atoms with Crippen molar-refractivity contribution < 1.29 is 19.1 Å². The van der Waals surface area contributed by atoms with E-state index in [9.17, 15) is 9.59 Å². The maximum atomic E-state index is 13.0. The van der Waals surface area contributed by atoms with Gasteiger partial charge in [0.15, 0.2) is 11.5 Å². The van der Waals surface area contributed by atoms with Gasteiger partial charge in [-0.05, 0) is 56.9 Å². The van der Waals surface area contributed by atoms with Gasteiger partial charge in [0.2, 0.25) is 5.91 Å². The van der Waals surface area contributed by atoms with E-state index in [1.54, 1.807) is 6.20 Å². The molecule has 2 unspecified atom stereocenters. The molecule has 2 N–H and O–H groups in total. The van der Waals surface area contributed by atoms with Crippen molar-refractivity contribution in [3.8, 4) is 11.5 Å². The van der Waals surface area contributed by atoms with Crippen molar-refractivity contribution in [3.05, 3.63) is 71.6 Å². The maximum absolute atomic E-state index is 13.0. The van der Waals surface area contributed by atoms with Crippen molar-refractivity contribution in [2.24, 2.45) is 0 Å². The van der Waals surface area contributed by atoms with Gasteiger partial charge in [-0.25, -0.2) is 5.43 Å². The van der Waals surface area contributed by atoms with Crippen molar-refractivity contribution >= 4 is 11.8 Å². The first kappa shape index (κ1) is 24.6. The molecule has 8 nitrogen and oxygen atoms in total. The Morgan fingerprint density at radius 2 is 1.80 bits per heavy atom. The van der Waals surface area contributed by atoms with Gasteiger partial charge in [0, 0.05) is 18.9 Å².